The third-order valence-corrected chi connectivity index (χ3v) is 6.67. The van der Waals surface area contributed by atoms with Gasteiger partial charge in [-0.1, -0.05) is 68.1 Å². The summed E-state index contributed by atoms with van der Waals surface area (Å²) >= 11 is 1.18. The topological polar surface area (TPSA) is 105 Å². The monoisotopic (exact) mass is 483 g/mol. The number of rotatable bonds is 10. The van der Waals surface area contributed by atoms with E-state index in [0.29, 0.717) is 29.7 Å². The number of nitrogens with zero attached hydrogens (tertiary/aromatic N) is 3. The van der Waals surface area contributed by atoms with Gasteiger partial charge in [0.2, 0.25) is 5.91 Å². The van der Waals surface area contributed by atoms with Crippen LogP contribution in [0.3, 0.4) is 0 Å². The van der Waals surface area contributed by atoms with Crippen LogP contribution in [0.25, 0.3) is 0 Å². The molecule has 1 heterocycles. The fourth-order valence-corrected chi connectivity index (χ4v) is 4.47. The number of halogens is 1. The number of nitrogens with two attached hydrogens (primary N) is 2. The molecule has 1 aliphatic rings. The highest BCUT2D eigenvalue weighted by atomic mass is 32.2. The third-order valence-electron chi connectivity index (χ3n) is 5.68. The maximum absolute atomic E-state index is 14.2. The fourth-order valence-electron chi connectivity index (χ4n) is 3.65. The average Bonchev–Trinajstić information content (AvgIpc) is 2.80. The second-order valence-corrected chi connectivity index (χ2v) is 9.27. The van der Waals surface area contributed by atoms with Gasteiger partial charge in [-0.25, -0.2) is 4.39 Å². The van der Waals surface area contributed by atoms with Gasteiger partial charge >= 0.3 is 0 Å². The molecular weight excluding hydrogens is 453 g/mol. The standard InChI is InChI=1S/C25H30FN5O2S/c1-3-4-13-31(25(33)21-7-5-6-8-22(21)26)17(2)34-24(29-28)19-11-9-18(10-12-19)14-30-15-20(16-30)23(27)32/h5-12,20H,2-4,13-16,28H2,1H3,(H2,27,32)/b29-24-. The van der Waals surface area contributed by atoms with Gasteiger partial charge in [-0.05, 0) is 24.1 Å². The van der Waals surface area contributed by atoms with Crippen LogP contribution in [0.2, 0.25) is 0 Å². The Balaban J connectivity index is 1.67. The molecule has 0 radical (unpaired) electrons. The largest absolute Gasteiger partial charge is 0.369 e. The summed E-state index contributed by atoms with van der Waals surface area (Å²) in [7, 11) is 0. The number of carbonyl (C=O) groups excluding carboxylic acids is 2. The van der Waals surface area contributed by atoms with Crippen molar-refractivity contribution in [2.75, 3.05) is 19.6 Å². The summed E-state index contributed by atoms with van der Waals surface area (Å²) in [6.45, 7) is 8.56. The molecule has 0 aliphatic carbocycles. The molecule has 0 spiro atoms. The molecule has 180 valence electrons. The molecule has 0 aromatic heterocycles. The van der Waals surface area contributed by atoms with Crippen molar-refractivity contribution in [3.05, 3.63) is 82.6 Å². The smallest absolute Gasteiger partial charge is 0.261 e. The quantitative estimate of drug-likeness (QED) is 0.233. The maximum atomic E-state index is 14.2. The number of amides is 2. The van der Waals surface area contributed by atoms with Crippen LogP contribution in [0.4, 0.5) is 4.39 Å². The first-order valence-electron chi connectivity index (χ1n) is 11.2. The summed E-state index contributed by atoms with van der Waals surface area (Å²) < 4.78 is 14.2. The molecular formula is C25H30FN5O2S. The van der Waals surface area contributed by atoms with Crippen LogP contribution in [-0.4, -0.2) is 46.3 Å². The first-order chi connectivity index (χ1) is 16.3. The number of primary amides is 1. The predicted octanol–water partition coefficient (Wildman–Crippen LogP) is 3.51. The van der Waals surface area contributed by atoms with Crippen LogP contribution < -0.4 is 11.6 Å². The number of hydrogen-bond acceptors (Lipinski definition) is 6. The zero-order chi connectivity index (χ0) is 24.7. The summed E-state index contributed by atoms with van der Waals surface area (Å²) in [6, 6.07) is 13.7. The number of hydrogen-bond donors (Lipinski definition) is 2. The maximum Gasteiger partial charge on any atom is 0.261 e. The van der Waals surface area contributed by atoms with Gasteiger partial charge < -0.3 is 16.5 Å². The molecule has 1 saturated heterocycles. The molecule has 0 bridgehead atoms. The van der Waals surface area contributed by atoms with E-state index in [0.717, 1.165) is 30.5 Å². The van der Waals surface area contributed by atoms with Gasteiger partial charge in [-0.3, -0.25) is 14.5 Å². The minimum Gasteiger partial charge on any atom is -0.369 e. The Hall–Kier alpha value is -3.17. The number of carbonyl (C=O) groups is 2. The minimum atomic E-state index is -0.570. The van der Waals surface area contributed by atoms with E-state index >= 15 is 0 Å². The number of thioether (sulfide) groups is 1. The number of likely N-dealkylation sites (tertiary alicyclic amines) is 1. The molecule has 3 rings (SSSR count). The SMILES string of the molecule is C=C(S/C(=N\N)c1ccc(CN2CC(C(N)=O)C2)cc1)N(CCCC)C(=O)c1ccccc1F. The van der Waals surface area contributed by atoms with Crippen molar-refractivity contribution in [3.8, 4) is 0 Å². The Kier molecular flexibility index (Phi) is 8.84. The zero-order valence-corrected chi connectivity index (χ0v) is 20.1. The van der Waals surface area contributed by atoms with E-state index in [4.69, 9.17) is 11.6 Å². The molecule has 0 atom stereocenters. The van der Waals surface area contributed by atoms with E-state index in [9.17, 15) is 14.0 Å². The molecule has 2 aromatic carbocycles. The van der Waals surface area contributed by atoms with Gasteiger partial charge in [0.25, 0.3) is 5.91 Å². The van der Waals surface area contributed by atoms with E-state index < -0.39 is 11.7 Å². The van der Waals surface area contributed by atoms with Gasteiger partial charge in [0.15, 0.2) is 0 Å². The molecule has 0 saturated carbocycles. The van der Waals surface area contributed by atoms with Crippen molar-refractivity contribution in [3.63, 3.8) is 0 Å². The van der Waals surface area contributed by atoms with Crippen molar-refractivity contribution in [1.29, 1.82) is 0 Å². The van der Waals surface area contributed by atoms with Crippen LogP contribution in [0.5, 0.6) is 0 Å². The molecule has 2 aromatic rings. The van der Waals surface area contributed by atoms with E-state index in [1.165, 1.54) is 28.8 Å². The number of unbranched alkanes of at least 4 members (excludes halogenated alkanes) is 1. The van der Waals surface area contributed by atoms with Crippen molar-refractivity contribution in [2.45, 2.75) is 26.3 Å². The lowest BCUT2D eigenvalue weighted by Gasteiger charge is -2.37. The number of hydrazone groups is 1. The van der Waals surface area contributed by atoms with Crippen molar-refractivity contribution in [2.24, 2.45) is 22.6 Å². The van der Waals surface area contributed by atoms with Crippen molar-refractivity contribution < 1.29 is 14.0 Å². The summed E-state index contributed by atoms with van der Waals surface area (Å²) in [5, 5.41) is 4.82. The molecule has 1 aliphatic heterocycles. The van der Waals surface area contributed by atoms with Crippen LogP contribution >= 0.6 is 11.8 Å². The molecule has 0 unspecified atom stereocenters. The van der Waals surface area contributed by atoms with Gasteiger partial charge in [-0.15, -0.1) is 0 Å². The van der Waals surface area contributed by atoms with E-state index in [1.807, 2.05) is 31.2 Å². The lowest BCUT2D eigenvalue weighted by molar-refractivity contribution is -0.127. The van der Waals surface area contributed by atoms with Crippen LogP contribution in [-0.2, 0) is 11.3 Å². The lowest BCUT2D eigenvalue weighted by Crippen LogP contribution is -2.51. The Morgan fingerprint density at radius 3 is 2.47 bits per heavy atom. The van der Waals surface area contributed by atoms with Crippen LogP contribution in [0.1, 0.15) is 41.3 Å². The Labute approximate surface area is 203 Å². The van der Waals surface area contributed by atoms with Crippen LogP contribution in [0, 0.1) is 11.7 Å². The minimum absolute atomic E-state index is 0.000474. The van der Waals surface area contributed by atoms with E-state index in [2.05, 4.69) is 16.6 Å². The lowest BCUT2D eigenvalue weighted by atomic mass is 9.98. The second kappa shape index (κ2) is 11.8. The summed E-state index contributed by atoms with van der Waals surface area (Å²) in [5.74, 6) is 4.33. The summed E-state index contributed by atoms with van der Waals surface area (Å²) in [4.78, 5) is 27.9. The van der Waals surface area contributed by atoms with Gasteiger partial charge in [-0.2, -0.15) is 5.10 Å². The Bertz CT molecular complexity index is 1070. The highest BCUT2D eigenvalue weighted by Gasteiger charge is 2.30. The van der Waals surface area contributed by atoms with Gasteiger partial charge in [0, 0.05) is 31.7 Å². The van der Waals surface area contributed by atoms with Gasteiger partial charge in [0.05, 0.1) is 16.5 Å². The summed E-state index contributed by atoms with van der Waals surface area (Å²) in [6.07, 6.45) is 1.62. The van der Waals surface area contributed by atoms with Crippen molar-refractivity contribution >= 4 is 28.6 Å². The van der Waals surface area contributed by atoms with E-state index in [-0.39, 0.29) is 17.4 Å². The van der Waals surface area contributed by atoms with Crippen LogP contribution in [0.15, 0.2) is 65.2 Å². The van der Waals surface area contributed by atoms with Crippen molar-refractivity contribution in [1.82, 2.24) is 9.80 Å². The molecule has 2 amide bonds. The second-order valence-electron chi connectivity index (χ2n) is 8.21. The normalized spacial score (nSPS) is 14.5. The molecule has 4 N–H and O–H groups in total. The van der Waals surface area contributed by atoms with Gasteiger partial charge in [0.1, 0.15) is 10.9 Å². The zero-order valence-electron chi connectivity index (χ0n) is 19.2. The Morgan fingerprint density at radius 2 is 1.88 bits per heavy atom. The highest BCUT2D eigenvalue weighted by molar-refractivity contribution is 8.17. The van der Waals surface area contributed by atoms with E-state index in [1.54, 1.807) is 12.1 Å². The Morgan fingerprint density at radius 1 is 1.21 bits per heavy atom. The number of benzene rings is 2. The third kappa shape index (κ3) is 6.24. The molecule has 9 heteroatoms. The molecule has 7 nitrogen and oxygen atoms in total. The average molecular weight is 484 g/mol. The predicted molar refractivity (Wildman–Crippen MR) is 134 cm³/mol. The molecule has 34 heavy (non-hydrogen) atoms. The molecule has 1 fully saturated rings. The first-order valence-corrected chi connectivity index (χ1v) is 12.0. The fraction of sp³-hybridized carbons (Fsp3) is 0.320. The highest BCUT2D eigenvalue weighted by Crippen LogP contribution is 2.27. The summed E-state index contributed by atoms with van der Waals surface area (Å²) in [5.41, 5.74) is 7.20. The first kappa shape index (κ1) is 25.5.